The zero-order chi connectivity index (χ0) is 25.7. The smallest absolute Gasteiger partial charge is 0.307 e. The van der Waals surface area contributed by atoms with Crippen molar-refractivity contribution in [1.82, 2.24) is 14.5 Å². The molecule has 186 valence electrons. The van der Waals surface area contributed by atoms with Crippen molar-refractivity contribution in [2.75, 3.05) is 0 Å². The van der Waals surface area contributed by atoms with Gasteiger partial charge in [0.15, 0.2) is 0 Å². The van der Waals surface area contributed by atoms with Crippen LogP contribution in [0.5, 0.6) is 5.75 Å². The topological polar surface area (TPSA) is 77.2 Å². The molecule has 5 aromatic rings. The first-order valence-corrected chi connectivity index (χ1v) is 13.1. The van der Waals surface area contributed by atoms with Gasteiger partial charge in [-0.15, -0.1) is 0 Å². The molecule has 0 amide bonds. The second-order valence-electron chi connectivity index (χ2n) is 10.2. The molecule has 2 atom stereocenters. The van der Waals surface area contributed by atoms with Gasteiger partial charge in [0.05, 0.1) is 28.2 Å². The maximum Gasteiger partial charge on any atom is 0.307 e. The lowest BCUT2D eigenvalue weighted by Crippen LogP contribution is -2.07. The highest BCUT2D eigenvalue weighted by Gasteiger charge is 2.64. The molecule has 6 rings (SSSR count). The summed E-state index contributed by atoms with van der Waals surface area (Å²) in [6.45, 7) is 4.97. The van der Waals surface area contributed by atoms with E-state index in [1.54, 1.807) is 0 Å². The molecule has 1 aliphatic rings. The highest BCUT2D eigenvalue weighted by Crippen LogP contribution is 2.64. The van der Waals surface area contributed by atoms with Gasteiger partial charge in [-0.2, -0.15) is 0 Å². The number of carboxylic acid groups (broad SMARTS) is 1. The van der Waals surface area contributed by atoms with Crippen molar-refractivity contribution >= 4 is 43.8 Å². The number of aromatic nitrogens is 3. The molecule has 1 saturated carbocycles. The highest BCUT2D eigenvalue weighted by atomic mass is 79.9. The minimum atomic E-state index is -0.774. The second-order valence-corrected chi connectivity index (χ2v) is 11.1. The number of hydrogen-bond acceptors (Lipinski definition) is 4. The molecule has 0 unspecified atom stereocenters. The Bertz CT molecular complexity index is 1640. The summed E-state index contributed by atoms with van der Waals surface area (Å²) < 4.78 is 9.27. The zero-order valence-corrected chi connectivity index (χ0v) is 22.1. The lowest BCUT2D eigenvalue weighted by molar-refractivity contribution is -0.139. The third-order valence-electron chi connectivity index (χ3n) is 7.42. The molecule has 37 heavy (non-hydrogen) atoms. The van der Waals surface area contributed by atoms with Crippen LogP contribution in [0.1, 0.15) is 36.8 Å². The van der Waals surface area contributed by atoms with E-state index in [4.69, 9.17) is 14.7 Å². The van der Waals surface area contributed by atoms with Crippen LogP contribution >= 0.6 is 15.9 Å². The van der Waals surface area contributed by atoms with Crippen molar-refractivity contribution in [2.24, 2.45) is 11.3 Å². The van der Waals surface area contributed by atoms with Gasteiger partial charge in [-0.1, -0.05) is 66.2 Å². The molecule has 2 heterocycles. The molecule has 6 nitrogen and oxygen atoms in total. The molecule has 0 radical (unpaired) electrons. The number of halogens is 1. The summed E-state index contributed by atoms with van der Waals surface area (Å²) in [7, 11) is 0. The number of hydrogen-bond donors (Lipinski definition) is 1. The number of para-hydroxylation sites is 1. The third kappa shape index (κ3) is 4.37. The summed E-state index contributed by atoms with van der Waals surface area (Å²) in [4.78, 5) is 21.6. The van der Waals surface area contributed by atoms with Gasteiger partial charge in [-0.05, 0) is 47.4 Å². The Hall–Kier alpha value is -3.71. The number of fused-ring (bicyclic) bond motifs is 2. The first-order chi connectivity index (χ1) is 17.8. The molecule has 1 aliphatic carbocycles. The van der Waals surface area contributed by atoms with Gasteiger partial charge in [0.2, 0.25) is 0 Å². The molecule has 7 heteroatoms. The molecule has 2 aromatic heterocycles. The van der Waals surface area contributed by atoms with E-state index in [9.17, 15) is 9.90 Å². The van der Waals surface area contributed by atoms with E-state index in [-0.39, 0.29) is 11.3 Å². The summed E-state index contributed by atoms with van der Waals surface area (Å²) >= 11 is 3.50. The number of benzene rings is 3. The summed E-state index contributed by atoms with van der Waals surface area (Å²) in [5.41, 5.74) is 4.31. The van der Waals surface area contributed by atoms with E-state index in [0.29, 0.717) is 18.9 Å². The van der Waals surface area contributed by atoms with E-state index in [0.717, 1.165) is 43.5 Å². The first kappa shape index (κ1) is 23.7. The van der Waals surface area contributed by atoms with Crippen molar-refractivity contribution in [3.63, 3.8) is 0 Å². The number of rotatable bonds is 7. The van der Waals surface area contributed by atoms with Crippen molar-refractivity contribution in [3.05, 3.63) is 100 Å². The van der Waals surface area contributed by atoms with Crippen molar-refractivity contribution < 1.29 is 14.6 Å². The monoisotopic (exact) mass is 555 g/mol. The Morgan fingerprint density at radius 2 is 1.78 bits per heavy atom. The van der Waals surface area contributed by atoms with Crippen molar-refractivity contribution in [1.29, 1.82) is 0 Å². The maximum atomic E-state index is 12.0. The average Bonchev–Trinajstić information content (AvgIpc) is 3.31. The minimum absolute atomic E-state index is 0.154. The maximum absolute atomic E-state index is 12.0. The molecule has 0 aliphatic heterocycles. The van der Waals surface area contributed by atoms with E-state index in [1.165, 1.54) is 0 Å². The minimum Gasteiger partial charge on any atom is -0.487 e. The molecule has 3 aromatic carbocycles. The zero-order valence-electron chi connectivity index (χ0n) is 20.6. The average molecular weight is 556 g/mol. The molecule has 0 saturated heterocycles. The molecule has 1 fully saturated rings. The Kier molecular flexibility index (Phi) is 5.75. The fraction of sp³-hybridized carbons (Fsp3) is 0.233. The fourth-order valence-electron chi connectivity index (χ4n) is 5.32. The second kappa shape index (κ2) is 8.99. The number of carboxylic acids is 1. The Balaban J connectivity index is 1.33. The predicted octanol–water partition coefficient (Wildman–Crippen LogP) is 6.80. The van der Waals surface area contributed by atoms with Gasteiger partial charge >= 0.3 is 5.97 Å². The summed E-state index contributed by atoms with van der Waals surface area (Å²) in [6, 6.07) is 26.1. The third-order valence-corrected chi connectivity index (χ3v) is 7.95. The van der Waals surface area contributed by atoms with Crippen molar-refractivity contribution in [2.45, 2.75) is 32.9 Å². The van der Waals surface area contributed by atoms with Gasteiger partial charge < -0.3 is 14.4 Å². The quantitative estimate of drug-likeness (QED) is 0.239. The van der Waals surface area contributed by atoms with Crippen molar-refractivity contribution in [3.8, 4) is 5.75 Å². The number of ether oxygens (including phenoxy) is 1. The van der Waals surface area contributed by atoms with E-state index < -0.39 is 11.9 Å². The summed E-state index contributed by atoms with van der Waals surface area (Å²) in [5.74, 6) is 0.127. The lowest BCUT2D eigenvalue weighted by atomic mass is 10.1. The van der Waals surface area contributed by atoms with Gasteiger partial charge in [-0.25, -0.2) is 9.97 Å². The van der Waals surface area contributed by atoms with Crippen LogP contribution in [0.25, 0.3) is 21.9 Å². The van der Waals surface area contributed by atoms with Gasteiger partial charge in [0.1, 0.15) is 18.2 Å². The molecular weight excluding hydrogens is 530 g/mol. The van der Waals surface area contributed by atoms with Crippen LogP contribution in [0.15, 0.2) is 83.3 Å². The Labute approximate surface area is 223 Å². The van der Waals surface area contributed by atoms with Crippen LogP contribution in [0, 0.1) is 11.3 Å². The van der Waals surface area contributed by atoms with Crippen LogP contribution in [0.3, 0.4) is 0 Å². The molecular formula is C30H26BrN3O3. The molecule has 1 N–H and O–H groups in total. The van der Waals surface area contributed by atoms with Crippen LogP contribution in [-0.4, -0.2) is 25.6 Å². The van der Waals surface area contributed by atoms with Gasteiger partial charge in [0.25, 0.3) is 0 Å². The fourth-order valence-corrected chi connectivity index (χ4v) is 5.58. The number of carbonyl (C=O) groups is 1. The van der Waals surface area contributed by atoms with Crippen LogP contribution < -0.4 is 4.74 Å². The Morgan fingerprint density at radius 3 is 2.54 bits per heavy atom. The van der Waals surface area contributed by atoms with E-state index in [2.05, 4.69) is 38.7 Å². The molecule has 0 bridgehead atoms. The van der Waals surface area contributed by atoms with Crippen LogP contribution in [0.2, 0.25) is 0 Å². The Morgan fingerprint density at radius 1 is 1.00 bits per heavy atom. The standard InChI is InChI=1S/C30H26BrN3O3/c1-30(2)26(27(30)29(35)36)28-33-24-15-22(37-17-21-12-9-19-5-3-4-6-23(19)32-21)13-14-25(24)34(28)16-18-7-10-20(31)11-8-18/h3-15,26-27H,16-17H2,1-2H3,(H,35,36)/t26-,27+/m1/s1. The van der Waals surface area contributed by atoms with Gasteiger partial charge in [-0.3, -0.25) is 4.79 Å². The number of nitrogens with zero attached hydrogens (tertiary/aromatic N) is 3. The number of pyridine rings is 1. The van der Waals surface area contributed by atoms with E-state index >= 15 is 0 Å². The molecule has 0 spiro atoms. The lowest BCUT2D eigenvalue weighted by Gasteiger charge is -2.11. The summed E-state index contributed by atoms with van der Waals surface area (Å²) in [5, 5.41) is 10.9. The largest absolute Gasteiger partial charge is 0.487 e. The van der Waals surface area contributed by atoms with E-state index in [1.807, 2.05) is 74.5 Å². The highest BCUT2D eigenvalue weighted by molar-refractivity contribution is 9.10. The normalized spacial score (nSPS) is 18.2. The van der Waals surface area contributed by atoms with Gasteiger partial charge in [0, 0.05) is 28.4 Å². The van der Waals surface area contributed by atoms with Crippen LogP contribution in [0.4, 0.5) is 0 Å². The number of aliphatic carboxylic acids is 1. The van der Waals surface area contributed by atoms with Crippen LogP contribution in [-0.2, 0) is 17.9 Å². The first-order valence-electron chi connectivity index (χ1n) is 12.3. The number of imidazole rings is 1. The predicted molar refractivity (Wildman–Crippen MR) is 147 cm³/mol. The summed E-state index contributed by atoms with van der Waals surface area (Å²) in [6.07, 6.45) is 0. The SMILES string of the molecule is CC1(C)[C@H](C(=O)O)[C@@H]1c1nc2cc(OCc3ccc4ccccc4n3)ccc2n1Cc1ccc(Br)cc1.